The van der Waals surface area contributed by atoms with E-state index >= 15 is 4.79 Å². The van der Waals surface area contributed by atoms with E-state index in [1.165, 1.54) is 32.9 Å². The molecule has 0 heterocycles. The van der Waals surface area contributed by atoms with Crippen LogP contribution in [0.4, 0.5) is 4.79 Å². The van der Waals surface area contributed by atoms with Crippen LogP contribution in [0.5, 0.6) is 0 Å². The molecule has 2 aromatic rings. The summed E-state index contributed by atoms with van der Waals surface area (Å²) in [5.41, 5.74) is -7.79. The van der Waals surface area contributed by atoms with Gasteiger partial charge < -0.3 is 44.3 Å². The Labute approximate surface area is 355 Å². The van der Waals surface area contributed by atoms with E-state index in [0.29, 0.717) is 12.0 Å². The van der Waals surface area contributed by atoms with E-state index in [2.05, 4.69) is 5.32 Å². The van der Waals surface area contributed by atoms with Crippen molar-refractivity contribution in [3.63, 3.8) is 0 Å². The summed E-state index contributed by atoms with van der Waals surface area (Å²) < 4.78 is 30.0. The van der Waals surface area contributed by atoms with Crippen molar-refractivity contribution in [1.82, 2.24) is 5.32 Å². The van der Waals surface area contributed by atoms with Crippen molar-refractivity contribution in [2.75, 3.05) is 0 Å². The molecular weight excluding hydrogens is 790 g/mol. The van der Waals surface area contributed by atoms with Gasteiger partial charge in [-0.1, -0.05) is 62.4 Å². The molecule has 330 valence electrons. The second-order valence-corrected chi connectivity index (χ2v) is 18.6. The molecule has 2 aromatic carbocycles. The van der Waals surface area contributed by atoms with Gasteiger partial charge in [-0.3, -0.25) is 14.4 Å². The SMILES string of the molecule is CC(=O)O[C@H]1C(=O)[C@@]2(C)[C@H]([C@H](OC(=O)c3ccccc3)[C@]3(O)C[C@H](OC(=O)[C@H](O)[C@@H](NC(=O)OC(C)(C)C)c4ccccc4)C(C)=C1C3(C)C)[C@]1(OC(C)=O)CC[C@@H]1C[C@@H]2O. The number of hydrogen-bond acceptors (Lipinski definition) is 14. The minimum absolute atomic E-state index is 0.00997. The fourth-order valence-corrected chi connectivity index (χ4v) is 10.3. The number of fused-ring (bicyclic) bond motifs is 5. The Morgan fingerprint density at radius 1 is 0.885 bits per heavy atom. The lowest BCUT2D eigenvalue weighted by Crippen LogP contribution is -2.78. The molecule has 3 saturated carbocycles. The molecule has 61 heavy (non-hydrogen) atoms. The third-order valence-electron chi connectivity index (χ3n) is 13.4. The van der Waals surface area contributed by atoms with Crippen LogP contribution in [-0.4, -0.2) is 98.4 Å². The number of carbonyl (C=O) groups is 6. The molecule has 4 N–H and O–H groups in total. The minimum Gasteiger partial charge on any atom is -0.458 e. The maximum absolute atomic E-state index is 15.5. The molecule has 0 radical (unpaired) electrons. The quantitative estimate of drug-likeness (QED) is 0.151. The van der Waals surface area contributed by atoms with E-state index < -0.39 is 118 Å². The van der Waals surface area contributed by atoms with E-state index in [4.69, 9.17) is 23.7 Å². The molecule has 3 fully saturated rings. The number of nitrogens with one attached hydrogen (secondary N) is 1. The third-order valence-corrected chi connectivity index (χ3v) is 13.4. The van der Waals surface area contributed by atoms with E-state index in [9.17, 15) is 39.3 Å². The Morgan fingerprint density at radius 2 is 1.49 bits per heavy atom. The van der Waals surface area contributed by atoms with Crippen LogP contribution in [0.1, 0.15) is 110 Å². The van der Waals surface area contributed by atoms with E-state index in [1.807, 2.05) is 0 Å². The highest BCUT2D eigenvalue weighted by molar-refractivity contribution is 5.95. The highest BCUT2D eigenvalue weighted by atomic mass is 16.6. The molecule has 6 rings (SSSR count). The maximum Gasteiger partial charge on any atom is 0.408 e. The fraction of sp³-hybridized carbons (Fsp3) is 0.565. The average molecular weight is 848 g/mol. The molecule has 11 atom stereocenters. The summed E-state index contributed by atoms with van der Waals surface area (Å²) in [4.78, 5) is 83.0. The predicted octanol–water partition coefficient (Wildman–Crippen LogP) is 4.84. The van der Waals surface area contributed by atoms with Crippen LogP contribution in [0.25, 0.3) is 0 Å². The molecule has 4 aliphatic rings. The standard InChI is InChI=1S/C46H57NO14/c1-24-30(58-40(54)34(51)33(27-16-12-10-13-17-27)47-41(55)61-42(4,5)6)23-46(56)38(59-39(53)28-18-14-11-15-19-28)36-44(9,31(50)22-29-20-21-45(29,36)60-26(3)49)37(52)35(57-25(2)48)32(24)43(46,7)8/h10-19,29-31,33-36,38,50-51,56H,20-23H2,1-9H3,(H,47,55)/t29-,30+,31+,33+,34-,35-,36+,38+,44-,45+,46-/m1/s1. The van der Waals surface area contributed by atoms with Gasteiger partial charge in [-0.15, -0.1) is 0 Å². The van der Waals surface area contributed by atoms with E-state index in [1.54, 1.807) is 83.1 Å². The number of aliphatic hydroxyl groups is 3. The van der Waals surface area contributed by atoms with Crippen molar-refractivity contribution >= 4 is 35.8 Å². The zero-order chi connectivity index (χ0) is 45.0. The van der Waals surface area contributed by atoms with Gasteiger partial charge in [0.25, 0.3) is 0 Å². The molecule has 0 aromatic heterocycles. The van der Waals surface area contributed by atoms with Crippen molar-refractivity contribution in [1.29, 1.82) is 0 Å². The van der Waals surface area contributed by atoms with Gasteiger partial charge in [0.2, 0.25) is 0 Å². The molecule has 2 bridgehead atoms. The van der Waals surface area contributed by atoms with Gasteiger partial charge >= 0.3 is 30.0 Å². The molecule has 4 aliphatic carbocycles. The third kappa shape index (κ3) is 7.96. The summed E-state index contributed by atoms with van der Waals surface area (Å²) in [6, 6.07) is 14.7. The molecule has 1 amide bonds. The first-order chi connectivity index (χ1) is 28.4. The summed E-state index contributed by atoms with van der Waals surface area (Å²) in [6.45, 7) is 13.4. The van der Waals surface area contributed by atoms with Gasteiger partial charge in [0, 0.05) is 31.6 Å². The lowest BCUT2D eigenvalue weighted by Gasteiger charge is -2.68. The summed E-state index contributed by atoms with van der Waals surface area (Å²) in [5.74, 6) is -6.48. The van der Waals surface area contributed by atoms with E-state index in [0.717, 1.165) is 6.92 Å². The topological polar surface area (TPSA) is 221 Å². The second kappa shape index (κ2) is 16.3. The summed E-state index contributed by atoms with van der Waals surface area (Å²) in [6.07, 6.45) is -9.28. The summed E-state index contributed by atoms with van der Waals surface area (Å²) in [5, 5.41) is 40.0. The lowest BCUT2D eigenvalue weighted by molar-refractivity contribution is -0.296. The van der Waals surface area contributed by atoms with Crippen LogP contribution < -0.4 is 5.32 Å². The normalized spacial score (nSPS) is 32.5. The number of alkyl carbamates (subject to hydrolysis) is 1. The molecule has 0 unspecified atom stereocenters. The Hall–Kier alpha value is -5.12. The number of carbonyl (C=O) groups excluding carboxylic acids is 6. The number of rotatable bonds is 9. The molecular formula is C46H57NO14. The summed E-state index contributed by atoms with van der Waals surface area (Å²) >= 11 is 0. The van der Waals surface area contributed by atoms with Crippen molar-refractivity contribution in [3.8, 4) is 0 Å². The maximum atomic E-state index is 15.5. The number of hydrogen-bond donors (Lipinski definition) is 4. The smallest absolute Gasteiger partial charge is 0.408 e. The molecule has 0 spiro atoms. The monoisotopic (exact) mass is 847 g/mol. The number of Topliss-reactive ketones (excluding diaryl/α,β-unsaturated/α-hetero) is 1. The second-order valence-electron chi connectivity index (χ2n) is 18.6. The zero-order valence-corrected chi connectivity index (χ0v) is 36.1. The Kier molecular flexibility index (Phi) is 12.1. The van der Waals surface area contributed by atoms with Crippen molar-refractivity contribution in [2.45, 2.75) is 141 Å². The lowest BCUT2D eigenvalue weighted by atomic mass is 9.41. The average Bonchev–Trinajstić information content (AvgIpc) is 3.17. The number of esters is 4. The van der Waals surface area contributed by atoms with Crippen LogP contribution in [0, 0.1) is 22.7 Å². The minimum atomic E-state index is -2.34. The number of ether oxygens (including phenoxy) is 5. The van der Waals surface area contributed by atoms with Crippen LogP contribution in [0.2, 0.25) is 0 Å². The van der Waals surface area contributed by atoms with Crippen LogP contribution in [0.3, 0.4) is 0 Å². The first kappa shape index (κ1) is 45.4. The van der Waals surface area contributed by atoms with Crippen LogP contribution >= 0.6 is 0 Å². The Morgan fingerprint density at radius 3 is 2.03 bits per heavy atom. The predicted molar refractivity (Wildman–Crippen MR) is 216 cm³/mol. The highest BCUT2D eigenvalue weighted by Gasteiger charge is 2.77. The van der Waals surface area contributed by atoms with Gasteiger partial charge in [0.1, 0.15) is 29.0 Å². The van der Waals surface area contributed by atoms with E-state index in [-0.39, 0.29) is 29.6 Å². The van der Waals surface area contributed by atoms with Crippen molar-refractivity contribution in [3.05, 3.63) is 82.9 Å². The number of aliphatic hydroxyl groups excluding tert-OH is 2. The highest BCUT2D eigenvalue weighted by Crippen LogP contribution is 2.67. The van der Waals surface area contributed by atoms with Gasteiger partial charge in [-0.25, -0.2) is 14.4 Å². The molecule has 15 heteroatoms. The van der Waals surface area contributed by atoms with Gasteiger partial charge in [0.15, 0.2) is 18.0 Å². The fourth-order valence-electron chi connectivity index (χ4n) is 10.3. The first-order valence-electron chi connectivity index (χ1n) is 20.6. The zero-order valence-electron chi connectivity index (χ0n) is 36.1. The Bertz CT molecular complexity index is 2090. The molecule has 15 nitrogen and oxygen atoms in total. The first-order valence-corrected chi connectivity index (χ1v) is 20.6. The van der Waals surface area contributed by atoms with Crippen LogP contribution in [0.15, 0.2) is 71.8 Å². The van der Waals surface area contributed by atoms with Gasteiger partial charge in [-0.2, -0.15) is 0 Å². The molecule has 0 aliphatic heterocycles. The molecule has 0 saturated heterocycles. The van der Waals surface area contributed by atoms with Crippen molar-refractivity contribution in [2.24, 2.45) is 22.7 Å². The van der Waals surface area contributed by atoms with Gasteiger partial charge in [0.05, 0.1) is 29.0 Å². The largest absolute Gasteiger partial charge is 0.458 e. The number of benzene rings is 2. The van der Waals surface area contributed by atoms with Crippen LogP contribution in [-0.2, 0) is 42.9 Å². The van der Waals surface area contributed by atoms with Crippen molar-refractivity contribution < 1.29 is 67.8 Å². The number of amides is 1. The Balaban J connectivity index is 1.54. The van der Waals surface area contributed by atoms with Gasteiger partial charge in [-0.05, 0) is 82.7 Å². The summed E-state index contributed by atoms with van der Waals surface area (Å²) in [7, 11) is 0. The number of ketones is 1.